The van der Waals surface area contributed by atoms with E-state index in [1.807, 2.05) is 6.07 Å². The van der Waals surface area contributed by atoms with E-state index in [0.717, 1.165) is 37.5 Å². The lowest BCUT2D eigenvalue weighted by atomic mass is 9.73. The zero-order valence-electron chi connectivity index (χ0n) is 19.4. The molecule has 2 aliphatic carbocycles. The predicted molar refractivity (Wildman–Crippen MR) is 128 cm³/mol. The van der Waals surface area contributed by atoms with E-state index in [9.17, 15) is 14.7 Å². The van der Waals surface area contributed by atoms with Gasteiger partial charge in [0.25, 0.3) is 5.56 Å². The van der Waals surface area contributed by atoms with Gasteiger partial charge in [-0.2, -0.15) is 0 Å². The Balaban J connectivity index is 1.33. The molecule has 0 spiro atoms. The quantitative estimate of drug-likeness (QED) is 0.713. The smallest absolute Gasteiger partial charge is 0.372 e. The summed E-state index contributed by atoms with van der Waals surface area (Å²) in [6.45, 7) is 0. The number of piperidine rings is 2. The molecule has 4 aliphatic rings. The molecule has 33 heavy (non-hydrogen) atoms. The Labute approximate surface area is 195 Å². The standard InChI is InChI=1S/C27H35N3O3/c31-26-23-10-3-4-11-24(23)28-25(27(32)33)30(26)22-15-19-8-5-9-20(16-22)29(19)21-13-17-6-1-2-7-18(12-17)14-21/h3-4,10-11,17-22H,1-2,5-9,12-16H2,(H,32,33). The van der Waals surface area contributed by atoms with Crippen LogP contribution in [0.4, 0.5) is 0 Å². The average molecular weight is 450 g/mol. The highest BCUT2D eigenvalue weighted by molar-refractivity contribution is 5.87. The summed E-state index contributed by atoms with van der Waals surface area (Å²) in [4.78, 5) is 32.9. The molecule has 0 amide bonds. The summed E-state index contributed by atoms with van der Waals surface area (Å²) in [5.41, 5.74) is 0.275. The molecule has 2 saturated heterocycles. The summed E-state index contributed by atoms with van der Waals surface area (Å²) in [7, 11) is 0. The molecule has 4 unspecified atom stereocenters. The maximum atomic E-state index is 13.5. The molecule has 6 nitrogen and oxygen atoms in total. The van der Waals surface area contributed by atoms with Gasteiger partial charge in [0.1, 0.15) is 0 Å². The van der Waals surface area contributed by atoms with Crippen LogP contribution in [0.2, 0.25) is 0 Å². The Kier molecular flexibility index (Phi) is 5.52. The van der Waals surface area contributed by atoms with Crippen LogP contribution >= 0.6 is 0 Å². The molecule has 6 heteroatoms. The molecule has 1 aromatic heterocycles. The van der Waals surface area contributed by atoms with Crippen molar-refractivity contribution in [3.8, 4) is 0 Å². The van der Waals surface area contributed by atoms with Crippen LogP contribution in [0.3, 0.4) is 0 Å². The van der Waals surface area contributed by atoms with Crippen molar-refractivity contribution >= 4 is 16.9 Å². The van der Waals surface area contributed by atoms with Crippen LogP contribution in [0.15, 0.2) is 29.1 Å². The van der Waals surface area contributed by atoms with E-state index in [1.165, 1.54) is 55.9 Å². The van der Waals surface area contributed by atoms with E-state index in [1.54, 1.807) is 18.2 Å². The predicted octanol–water partition coefficient (Wildman–Crippen LogP) is 5.01. The number of nitrogens with zero attached hydrogens (tertiary/aromatic N) is 3. The number of hydrogen-bond acceptors (Lipinski definition) is 4. The minimum Gasteiger partial charge on any atom is -0.475 e. The van der Waals surface area contributed by atoms with Gasteiger partial charge in [-0.25, -0.2) is 9.78 Å². The van der Waals surface area contributed by atoms with Gasteiger partial charge in [0.15, 0.2) is 0 Å². The Bertz CT molecular complexity index is 1080. The number of carboxylic acid groups (broad SMARTS) is 1. The van der Waals surface area contributed by atoms with Crippen molar-refractivity contribution in [1.29, 1.82) is 0 Å². The molecule has 2 aromatic rings. The summed E-state index contributed by atoms with van der Waals surface area (Å²) >= 11 is 0. The van der Waals surface area contributed by atoms with E-state index >= 15 is 0 Å². The van der Waals surface area contributed by atoms with Crippen LogP contribution in [0.1, 0.15) is 93.7 Å². The average Bonchev–Trinajstić information content (AvgIpc) is 2.97. The third kappa shape index (κ3) is 3.80. The number of carboxylic acids is 1. The van der Waals surface area contributed by atoms with Crippen molar-refractivity contribution in [2.24, 2.45) is 11.8 Å². The summed E-state index contributed by atoms with van der Waals surface area (Å²) < 4.78 is 1.54. The molecule has 6 rings (SSSR count). The van der Waals surface area contributed by atoms with Crippen LogP contribution in [0.5, 0.6) is 0 Å². The van der Waals surface area contributed by atoms with Gasteiger partial charge in [0.2, 0.25) is 5.82 Å². The highest BCUT2D eigenvalue weighted by Crippen LogP contribution is 2.46. The Morgan fingerprint density at radius 2 is 1.48 bits per heavy atom. The van der Waals surface area contributed by atoms with E-state index in [2.05, 4.69) is 9.88 Å². The minimum atomic E-state index is -1.11. The molecule has 4 fully saturated rings. The highest BCUT2D eigenvalue weighted by Gasteiger charge is 2.45. The number of rotatable bonds is 3. The summed E-state index contributed by atoms with van der Waals surface area (Å²) in [5.74, 6) is 0.571. The van der Waals surface area contributed by atoms with Gasteiger partial charge in [0.05, 0.1) is 10.9 Å². The van der Waals surface area contributed by atoms with Crippen molar-refractivity contribution in [1.82, 2.24) is 14.5 Å². The second-order valence-corrected chi connectivity index (χ2v) is 11.1. The molecule has 0 radical (unpaired) electrons. The number of para-hydroxylation sites is 1. The molecule has 2 aliphatic heterocycles. The second kappa shape index (κ2) is 8.53. The molecule has 176 valence electrons. The fourth-order valence-electron chi connectivity index (χ4n) is 7.94. The first-order valence-corrected chi connectivity index (χ1v) is 13.1. The molecular formula is C27H35N3O3. The first-order valence-electron chi connectivity index (χ1n) is 13.1. The number of benzene rings is 1. The second-order valence-electron chi connectivity index (χ2n) is 11.1. The van der Waals surface area contributed by atoms with Gasteiger partial charge in [-0.15, -0.1) is 0 Å². The monoisotopic (exact) mass is 449 g/mol. The number of hydrogen-bond donors (Lipinski definition) is 1. The van der Waals surface area contributed by atoms with E-state index < -0.39 is 5.97 Å². The fraction of sp³-hybridized carbons (Fsp3) is 0.667. The summed E-state index contributed by atoms with van der Waals surface area (Å²) in [6.07, 6.45) is 15.0. The van der Waals surface area contributed by atoms with Crippen LogP contribution in [0.25, 0.3) is 10.9 Å². The van der Waals surface area contributed by atoms with Gasteiger partial charge in [-0.3, -0.25) is 14.3 Å². The Morgan fingerprint density at radius 3 is 2.15 bits per heavy atom. The highest BCUT2D eigenvalue weighted by atomic mass is 16.4. The molecular weight excluding hydrogens is 414 g/mol. The molecule has 4 bridgehead atoms. The van der Waals surface area contributed by atoms with E-state index in [-0.39, 0.29) is 17.4 Å². The zero-order chi connectivity index (χ0) is 22.5. The maximum absolute atomic E-state index is 13.5. The van der Waals surface area contributed by atoms with Crippen molar-refractivity contribution in [2.75, 3.05) is 0 Å². The number of carbonyl (C=O) groups is 1. The SMILES string of the molecule is O=C(O)c1nc2ccccc2c(=O)n1C1CC2CCCC(C1)N2C1CC2CCCCC(C2)C1. The van der Waals surface area contributed by atoms with Gasteiger partial charge >= 0.3 is 5.97 Å². The topological polar surface area (TPSA) is 75.4 Å². The molecule has 4 atom stereocenters. The summed E-state index contributed by atoms with van der Waals surface area (Å²) in [5, 5.41) is 10.4. The molecule has 1 N–H and O–H groups in total. The normalized spacial score (nSPS) is 34.7. The minimum absolute atomic E-state index is 0.0851. The van der Waals surface area contributed by atoms with Crippen molar-refractivity contribution < 1.29 is 9.90 Å². The van der Waals surface area contributed by atoms with E-state index in [0.29, 0.717) is 29.0 Å². The molecule has 1 aromatic carbocycles. The largest absolute Gasteiger partial charge is 0.475 e. The number of fused-ring (bicyclic) bond motifs is 5. The lowest BCUT2D eigenvalue weighted by molar-refractivity contribution is -0.0430. The maximum Gasteiger partial charge on any atom is 0.372 e. The van der Waals surface area contributed by atoms with E-state index in [4.69, 9.17) is 0 Å². The van der Waals surface area contributed by atoms with Gasteiger partial charge in [0, 0.05) is 24.2 Å². The van der Waals surface area contributed by atoms with Crippen molar-refractivity contribution in [2.45, 2.75) is 101 Å². The van der Waals surface area contributed by atoms with Gasteiger partial charge in [-0.1, -0.05) is 44.2 Å². The van der Waals surface area contributed by atoms with Crippen LogP contribution in [-0.2, 0) is 0 Å². The summed E-state index contributed by atoms with van der Waals surface area (Å²) in [6, 6.07) is 8.62. The number of aromatic carboxylic acids is 1. The first kappa shape index (κ1) is 21.3. The Morgan fingerprint density at radius 1 is 0.818 bits per heavy atom. The van der Waals surface area contributed by atoms with Crippen LogP contribution < -0.4 is 5.56 Å². The first-order chi connectivity index (χ1) is 16.1. The van der Waals surface area contributed by atoms with Gasteiger partial charge in [-0.05, 0) is 68.9 Å². The number of aromatic nitrogens is 2. The fourth-order valence-corrected chi connectivity index (χ4v) is 7.94. The lowest BCUT2D eigenvalue weighted by Gasteiger charge is -2.54. The van der Waals surface area contributed by atoms with Crippen molar-refractivity contribution in [3.63, 3.8) is 0 Å². The lowest BCUT2D eigenvalue weighted by Crippen LogP contribution is -2.58. The molecule has 2 saturated carbocycles. The third-order valence-electron chi connectivity index (χ3n) is 9.14. The van der Waals surface area contributed by atoms with Crippen molar-refractivity contribution in [3.05, 3.63) is 40.4 Å². The van der Waals surface area contributed by atoms with Crippen LogP contribution in [-0.4, -0.2) is 43.7 Å². The zero-order valence-corrected chi connectivity index (χ0v) is 19.4. The van der Waals surface area contributed by atoms with Gasteiger partial charge < -0.3 is 5.11 Å². The third-order valence-corrected chi connectivity index (χ3v) is 9.14. The molecule has 3 heterocycles. The Hall–Kier alpha value is -2.21. The van der Waals surface area contributed by atoms with Crippen LogP contribution in [0, 0.1) is 11.8 Å².